The molecule has 10 nitrogen and oxygen atoms in total. The van der Waals surface area contributed by atoms with Crippen LogP contribution in [0.3, 0.4) is 0 Å². The Labute approximate surface area is 276 Å². The summed E-state index contributed by atoms with van der Waals surface area (Å²) in [5.74, 6) is 0. The highest BCUT2D eigenvalue weighted by molar-refractivity contribution is 7.53. The summed E-state index contributed by atoms with van der Waals surface area (Å²) in [6.45, 7) is 4.31. The topological polar surface area (TPSA) is 91.6 Å². The van der Waals surface area contributed by atoms with Gasteiger partial charge >= 0.3 is 7.67 Å². The van der Waals surface area contributed by atoms with Crippen LogP contribution in [0.25, 0.3) is 0 Å². The van der Waals surface area contributed by atoms with E-state index in [4.69, 9.17) is 9.26 Å². The van der Waals surface area contributed by atoms with Crippen LogP contribution in [-0.2, 0) is 19.4 Å². The van der Waals surface area contributed by atoms with Crippen LogP contribution in [0.2, 0.25) is 0 Å². The first-order valence-corrected chi connectivity index (χ1v) is 17.6. The molecule has 4 aromatic carbocycles. The van der Waals surface area contributed by atoms with E-state index in [1.807, 2.05) is 22.9 Å². The molecular formula is C36H42N5O5P. The second-order valence-electron chi connectivity index (χ2n) is 12.1. The summed E-state index contributed by atoms with van der Waals surface area (Å²) >= 11 is 0. The Morgan fingerprint density at radius 3 is 1.79 bits per heavy atom. The van der Waals surface area contributed by atoms with E-state index < -0.39 is 18.1 Å². The summed E-state index contributed by atoms with van der Waals surface area (Å²) in [6.07, 6.45) is -0.297. The molecule has 0 saturated carbocycles. The fourth-order valence-corrected chi connectivity index (χ4v) is 8.78. The number of nitro groups is 1. The van der Waals surface area contributed by atoms with Crippen molar-refractivity contribution >= 4 is 19.0 Å². The maximum absolute atomic E-state index is 14.5. The summed E-state index contributed by atoms with van der Waals surface area (Å²) in [5, 5.41) is 11.1. The molecule has 0 N–H and O–H groups in total. The molecule has 2 aliphatic heterocycles. The molecule has 0 amide bonds. The monoisotopic (exact) mass is 655 g/mol. The SMILES string of the molecule is CN(C)P(=O)(OC[C@@H]1CN(C(c2ccccc2)(c2ccccc2)c2ccccc2)CCO1)N1CCN(c2ccc([N+](=O)[O-])cc2)CC1. The second kappa shape index (κ2) is 14.5. The predicted octanol–water partition coefficient (Wildman–Crippen LogP) is 6.10. The summed E-state index contributed by atoms with van der Waals surface area (Å²) in [7, 11) is 0.234. The van der Waals surface area contributed by atoms with Crippen LogP contribution < -0.4 is 4.90 Å². The van der Waals surface area contributed by atoms with Gasteiger partial charge in [-0.3, -0.25) is 19.6 Å². The van der Waals surface area contributed by atoms with Crippen molar-refractivity contribution in [3.05, 3.63) is 142 Å². The van der Waals surface area contributed by atoms with E-state index in [0.29, 0.717) is 45.9 Å². The molecule has 47 heavy (non-hydrogen) atoms. The molecule has 4 aromatic rings. The molecule has 0 radical (unpaired) electrons. The minimum atomic E-state index is -3.35. The van der Waals surface area contributed by atoms with E-state index in [1.54, 1.807) is 30.9 Å². The van der Waals surface area contributed by atoms with Crippen LogP contribution in [0.5, 0.6) is 0 Å². The van der Waals surface area contributed by atoms with Crippen LogP contribution in [0.4, 0.5) is 11.4 Å². The maximum atomic E-state index is 14.5. The van der Waals surface area contributed by atoms with Crippen LogP contribution in [0, 0.1) is 10.1 Å². The molecule has 0 aromatic heterocycles. The van der Waals surface area contributed by atoms with Gasteiger partial charge in [-0.25, -0.2) is 9.34 Å². The number of piperazine rings is 1. The molecule has 2 heterocycles. The Morgan fingerprint density at radius 1 is 0.809 bits per heavy atom. The zero-order valence-corrected chi connectivity index (χ0v) is 27.8. The number of nitro benzene ring substituents is 1. The largest absolute Gasteiger partial charge is 0.373 e. The van der Waals surface area contributed by atoms with Crippen molar-refractivity contribution in [2.75, 3.05) is 71.5 Å². The number of hydrogen-bond donors (Lipinski definition) is 0. The lowest BCUT2D eigenvalue weighted by Crippen LogP contribution is -2.56. The Bertz CT molecular complexity index is 1560. The zero-order valence-electron chi connectivity index (χ0n) is 26.9. The highest BCUT2D eigenvalue weighted by atomic mass is 31.2. The third-order valence-electron chi connectivity index (χ3n) is 9.16. The molecule has 0 spiro atoms. The van der Waals surface area contributed by atoms with Crippen LogP contribution in [-0.4, -0.2) is 91.8 Å². The van der Waals surface area contributed by atoms with Crippen LogP contribution >= 0.6 is 7.67 Å². The average Bonchev–Trinajstić information content (AvgIpc) is 3.12. The quantitative estimate of drug-likeness (QED) is 0.0824. The maximum Gasteiger partial charge on any atom is 0.345 e. The number of nitrogens with zero attached hydrogens (tertiary/aromatic N) is 5. The normalized spacial score (nSPS) is 19.4. The lowest BCUT2D eigenvalue weighted by molar-refractivity contribution is -0.384. The minimum absolute atomic E-state index is 0.0648. The first kappa shape index (κ1) is 33.0. The van der Waals surface area contributed by atoms with E-state index >= 15 is 0 Å². The molecule has 11 heteroatoms. The molecule has 0 aliphatic carbocycles. The fourth-order valence-electron chi connectivity index (χ4n) is 6.83. The van der Waals surface area contributed by atoms with Crippen LogP contribution in [0.1, 0.15) is 16.7 Å². The first-order valence-electron chi connectivity index (χ1n) is 16.0. The smallest absolute Gasteiger partial charge is 0.345 e. The molecule has 2 saturated heterocycles. The standard InChI is InChI=1S/C36H42N5O5P/c1-37(2)47(44,40-24-22-38(23-25-40)33-18-20-34(21-19-33)41(42)43)46-29-35-28-39(26-27-45-35)36(30-12-6-3-7-13-30,31-14-8-4-9-15-31)32-16-10-5-11-17-32/h3-21,35H,22-29H2,1-2H3/t35-,47?/m0/s1. The van der Waals surface area contributed by atoms with Crippen molar-refractivity contribution in [2.45, 2.75) is 11.6 Å². The van der Waals surface area contributed by atoms with Gasteiger partial charge in [-0.2, -0.15) is 0 Å². The average molecular weight is 656 g/mol. The Morgan fingerprint density at radius 2 is 1.32 bits per heavy atom. The second-order valence-corrected chi connectivity index (χ2v) is 14.7. The number of ether oxygens (including phenoxy) is 1. The van der Waals surface area contributed by atoms with E-state index in [0.717, 1.165) is 5.69 Å². The molecule has 2 aliphatic rings. The predicted molar refractivity (Wildman–Crippen MR) is 185 cm³/mol. The van der Waals surface area contributed by atoms with Gasteiger partial charge in [-0.05, 0) is 42.9 Å². The van der Waals surface area contributed by atoms with Gasteiger partial charge < -0.3 is 14.2 Å². The van der Waals surface area contributed by atoms with Crippen molar-refractivity contribution in [1.29, 1.82) is 0 Å². The van der Waals surface area contributed by atoms with Gasteiger partial charge in [0.05, 0.1) is 29.8 Å². The molecule has 0 bridgehead atoms. The summed E-state index contributed by atoms with van der Waals surface area (Å²) in [4.78, 5) is 15.3. The molecule has 2 fully saturated rings. The molecular weight excluding hydrogens is 613 g/mol. The van der Waals surface area contributed by atoms with Crippen molar-refractivity contribution in [2.24, 2.45) is 0 Å². The van der Waals surface area contributed by atoms with Gasteiger partial charge in [0.15, 0.2) is 0 Å². The number of hydrogen-bond acceptors (Lipinski definition) is 7. The Balaban J connectivity index is 1.20. The number of benzene rings is 4. The van der Waals surface area contributed by atoms with Crippen LogP contribution in [0.15, 0.2) is 115 Å². The van der Waals surface area contributed by atoms with Crippen molar-refractivity contribution in [3.8, 4) is 0 Å². The highest BCUT2D eigenvalue weighted by Gasteiger charge is 2.45. The fraction of sp³-hybridized carbons (Fsp3) is 0.333. The lowest BCUT2D eigenvalue weighted by atomic mass is 9.75. The third kappa shape index (κ3) is 6.76. The van der Waals surface area contributed by atoms with E-state index in [9.17, 15) is 14.7 Å². The van der Waals surface area contributed by atoms with Crippen molar-refractivity contribution in [1.82, 2.24) is 14.2 Å². The Hall–Kier alpha value is -3.89. The van der Waals surface area contributed by atoms with Gasteiger partial charge in [0.25, 0.3) is 5.69 Å². The lowest BCUT2D eigenvalue weighted by Gasteiger charge is -2.49. The van der Waals surface area contributed by atoms with E-state index in [2.05, 4.69) is 82.6 Å². The zero-order chi connectivity index (χ0) is 32.9. The Kier molecular flexibility index (Phi) is 10.2. The third-order valence-corrected chi connectivity index (χ3v) is 11.8. The number of morpholine rings is 1. The summed E-state index contributed by atoms with van der Waals surface area (Å²) in [5.41, 5.74) is 3.92. The molecule has 1 unspecified atom stereocenters. The summed E-state index contributed by atoms with van der Waals surface area (Å²) < 4.78 is 30.8. The van der Waals surface area contributed by atoms with E-state index in [-0.39, 0.29) is 18.4 Å². The van der Waals surface area contributed by atoms with Gasteiger partial charge in [-0.15, -0.1) is 0 Å². The van der Waals surface area contributed by atoms with E-state index in [1.165, 1.54) is 28.8 Å². The molecule has 246 valence electrons. The minimum Gasteiger partial charge on any atom is -0.373 e. The van der Waals surface area contributed by atoms with Gasteiger partial charge in [0.1, 0.15) is 0 Å². The number of rotatable bonds is 11. The highest BCUT2D eigenvalue weighted by Crippen LogP contribution is 2.53. The first-order chi connectivity index (χ1) is 22.8. The number of non-ortho nitro benzene ring substituents is 1. The van der Waals surface area contributed by atoms with Gasteiger partial charge in [0, 0.05) is 57.1 Å². The van der Waals surface area contributed by atoms with Gasteiger partial charge in [-0.1, -0.05) is 91.0 Å². The number of anilines is 1. The molecule has 2 atom stereocenters. The van der Waals surface area contributed by atoms with Crippen molar-refractivity contribution < 1.29 is 18.7 Å². The van der Waals surface area contributed by atoms with Crippen molar-refractivity contribution in [3.63, 3.8) is 0 Å². The van der Waals surface area contributed by atoms with Gasteiger partial charge in [0.2, 0.25) is 0 Å². The molecule has 6 rings (SSSR count). The summed E-state index contributed by atoms with van der Waals surface area (Å²) in [6, 6.07) is 38.4.